The lowest BCUT2D eigenvalue weighted by molar-refractivity contribution is -0.180. The van der Waals surface area contributed by atoms with Crippen molar-refractivity contribution >= 4 is 30.7 Å². The van der Waals surface area contributed by atoms with Crippen molar-refractivity contribution in [3.05, 3.63) is 0 Å². The zero-order valence-corrected chi connectivity index (χ0v) is 18.6. The lowest BCUT2D eigenvalue weighted by atomic mass is 9.54. The van der Waals surface area contributed by atoms with Gasteiger partial charge in [0, 0.05) is 64.4 Å². The van der Waals surface area contributed by atoms with E-state index in [-0.39, 0.29) is 42.2 Å². The third kappa shape index (κ3) is 4.90. The number of nitrogens with two attached hydrogens (primary N) is 1. The van der Waals surface area contributed by atoms with Gasteiger partial charge in [0.25, 0.3) is 0 Å². The number of carbonyl (C=O) groups excluding carboxylic acids is 1. The molecule has 2 N–H and O–H groups in total. The summed E-state index contributed by atoms with van der Waals surface area (Å²) in [5, 5.41) is 0. The molecule has 1 aliphatic carbocycles. The van der Waals surface area contributed by atoms with Crippen LogP contribution in [0.2, 0.25) is 0 Å². The first-order chi connectivity index (χ1) is 11.9. The zero-order valence-electron chi connectivity index (χ0n) is 16.9. The van der Waals surface area contributed by atoms with Crippen LogP contribution in [-0.2, 0) is 14.3 Å². The van der Waals surface area contributed by atoms with E-state index in [0.717, 1.165) is 64.7 Å². The van der Waals surface area contributed by atoms with Gasteiger partial charge in [0.05, 0.1) is 6.10 Å². The van der Waals surface area contributed by atoms with E-state index in [9.17, 15) is 4.79 Å². The van der Waals surface area contributed by atoms with E-state index in [0.29, 0.717) is 13.0 Å². The number of hydrogen-bond donors (Lipinski definition) is 1. The van der Waals surface area contributed by atoms with Gasteiger partial charge in [0.1, 0.15) is 5.54 Å². The van der Waals surface area contributed by atoms with E-state index in [1.807, 2.05) is 11.8 Å². The van der Waals surface area contributed by atoms with Gasteiger partial charge in [0.15, 0.2) is 0 Å². The van der Waals surface area contributed by atoms with Gasteiger partial charge in [-0.15, -0.1) is 24.8 Å². The van der Waals surface area contributed by atoms with Crippen LogP contribution in [0.15, 0.2) is 0 Å². The molecule has 0 spiro atoms. The lowest BCUT2D eigenvalue weighted by Gasteiger charge is -2.59. The topological polar surface area (TPSA) is 68.0 Å². The largest absolute Gasteiger partial charge is 0.381 e. The van der Waals surface area contributed by atoms with E-state index in [4.69, 9.17) is 15.2 Å². The van der Waals surface area contributed by atoms with Crippen LogP contribution < -0.4 is 5.73 Å². The van der Waals surface area contributed by atoms with Crippen LogP contribution in [0.25, 0.3) is 0 Å². The Labute approximate surface area is 176 Å². The molecular weight excluding hydrogens is 389 g/mol. The van der Waals surface area contributed by atoms with Gasteiger partial charge in [0.2, 0.25) is 5.91 Å². The maximum absolute atomic E-state index is 13.1. The first kappa shape index (κ1) is 24.9. The molecule has 0 bridgehead atoms. The van der Waals surface area contributed by atoms with Crippen molar-refractivity contribution < 1.29 is 14.3 Å². The Hall–Kier alpha value is -0.110. The molecule has 2 unspecified atom stereocenters. The third-order valence-corrected chi connectivity index (χ3v) is 6.73. The Morgan fingerprint density at radius 1 is 1.15 bits per heavy atom. The highest BCUT2D eigenvalue weighted by atomic mass is 35.5. The second-order valence-electron chi connectivity index (χ2n) is 8.49. The smallest absolute Gasteiger partial charge is 0.243 e. The average molecular weight is 426 g/mol. The Morgan fingerprint density at radius 2 is 1.74 bits per heavy atom. The van der Waals surface area contributed by atoms with Crippen LogP contribution in [-0.4, -0.2) is 79.9 Å². The maximum atomic E-state index is 13.1. The number of hydrogen-bond acceptors (Lipinski definition) is 5. The van der Waals surface area contributed by atoms with Gasteiger partial charge in [-0.25, -0.2) is 0 Å². The minimum Gasteiger partial charge on any atom is -0.381 e. The molecule has 0 aromatic heterocycles. The second-order valence-corrected chi connectivity index (χ2v) is 8.49. The van der Waals surface area contributed by atoms with Crippen LogP contribution in [0.5, 0.6) is 0 Å². The fraction of sp³-hybridized carbons (Fsp3) is 0.947. The predicted octanol–water partition coefficient (Wildman–Crippen LogP) is 1.93. The van der Waals surface area contributed by atoms with Crippen molar-refractivity contribution in [1.82, 2.24) is 9.80 Å². The van der Waals surface area contributed by atoms with Gasteiger partial charge in [-0.05, 0) is 25.7 Å². The van der Waals surface area contributed by atoms with Gasteiger partial charge in [-0.3, -0.25) is 9.69 Å². The molecule has 1 amide bonds. The Balaban J connectivity index is 0.00000182. The van der Waals surface area contributed by atoms with Gasteiger partial charge >= 0.3 is 0 Å². The molecule has 0 radical (unpaired) electrons. The van der Waals surface area contributed by atoms with Crippen LogP contribution in [0.4, 0.5) is 0 Å². The first-order valence-corrected chi connectivity index (χ1v) is 9.88. The van der Waals surface area contributed by atoms with E-state index in [1.165, 1.54) is 0 Å². The van der Waals surface area contributed by atoms with E-state index >= 15 is 0 Å². The Kier molecular flexibility index (Phi) is 9.31. The minimum absolute atomic E-state index is 0. The van der Waals surface area contributed by atoms with Crippen LogP contribution in [0.1, 0.15) is 40.0 Å². The summed E-state index contributed by atoms with van der Waals surface area (Å²) in [7, 11) is 0. The highest BCUT2D eigenvalue weighted by Gasteiger charge is 2.63. The summed E-state index contributed by atoms with van der Waals surface area (Å²) < 4.78 is 11.2. The molecule has 6 nitrogen and oxygen atoms in total. The highest BCUT2D eigenvalue weighted by Crippen LogP contribution is 2.50. The van der Waals surface area contributed by atoms with Crippen molar-refractivity contribution in [1.29, 1.82) is 0 Å². The molecule has 0 aromatic carbocycles. The molecule has 3 aliphatic rings. The van der Waals surface area contributed by atoms with Crippen molar-refractivity contribution in [3.63, 3.8) is 0 Å². The Morgan fingerprint density at radius 3 is 2.26 bits per heavy atom. The molecule has 8 heteroatoms. The van der Waals surface area contributed by atoms with Crippen molar-refractivity contribution in [2.75, 3.05) is 52.5 Å². The Bertz CT molecular complexity index is 481. The molecule has 160 valence electrons. The minimum atomic E-state index is -0.782. The number of piperazine rings is 1. The highest BCUT2D eigenvalue weighted by molar-refractivity contribution is 5.89. The van der Waals surface area contributed by atoms with Gasteiger partial charge in [-0.2, -0.15) is 0 Å². The van der Waals surface area contributed by atoms with Gasteiger partial charge in [-0.1, -0.05) is 13.8 Å². The number of rotatable bonds is 5. The fourth-order valence-corrected chi connectivity index (χ4v) is 4.51. The summed E-state index contributed by atoms with van der Waals surface area (Å²) in [5.41, 5.74) is 5.47. The number of halogens is 2. The first-order valence-electron chi connectivity index (χ1n) is 9.88. The summed E-state index contributed by atoms with van der Waals surface area (Å²) >= 11 is 0. The molecule has 2 atom stereocenters. The van der Waals surface area contributed by atoms with Crippen molar-refractivity contribution in [3.8, 4) is 0 Å². The predicted molar refractivity (Wildman–Crippen MR) is 112 cm³/mol. The molecule has 3 fully saturated rings. The van der Waals surface area contributed by atoms with Crippen molar-refractivity contribution in [2.24, 2.45) is 17.1 Å². The lowest BCUT2D eigenvalue weighted by Crippen LogP contribution is -2.76. The molecular formula is C19H37Cl2N3O3. The summed E-state index contributed by atoms with van der Waals surface area (Å²) in [6.45, 7) is 13.2. The molecule has 0 aromatic rings. The third-order valence-electron chi connectivity index (χ3n) is 6.73. The standard InChI is InChI=1S/C19H35N3O3.2ClH/c1-4-25-16-13-19(20,18(16,2)3)17(23)22-9-7-21(8-10-22)14-15-5-11-24-12-6-15;;/h15-16H,4-14,20H2,1-3H3;2*1H. The summed E-state index contributed by atoms with van der Waals surface area (Å²) in [4.78, 5) is 17.5. The van der Waals surface area contributed by atoms with Crippen LogP contribution in [0, 0.1) is 11.3 Å². The summed E-state index contributed by atoms with van der Waals surface area (Å²) in [5.74, 6) is 0.855. The monoisotopic (exact) mass is 425 g/mol. The average Bonchev–Trinajstić information content (AvgIpc) is 2.62. The summed E-state index contributed by atoms with van der Waals surface area (Å²) in [6, 6.07) is 0. The summed E-state index contributed by atoms with van der Waals surface area (Å²) in [6.07, 6.45) is 3.05. The molecule has 2 aliphatic heterocycles. The normalized spacial score (nSPS) is 31.4. The molecule has 2 heterocycles. The molecule has 27 heavy (non-hydrogen) atoms. The van der Waals surface area contributed by atoms with E-state index in [1.54, 1.807) is 0 Å². The number of amides is 1. The van der Waals surface area contributed by atoms with Crippen molar-refractivity contribution in [2.45, 2.75) is 51.7 Å². The number of ether oxygens (including phenoxy) is 2. The molecule has 3 rings (SSSR count). The van der Waals surface area contributed by atoms with E-state index < -0.39 is 5.54 Å². The zero-order chi connectivity index (χ0) is 18.1. The van der Waals surface area contributed by atoms with Crippen LogP contribution >= 0.6 is 24.8 Å². The number of carbonyl (C=O) groups is 1. The quantitative estimate of drug-likeness (QED) is 0.728. The van der Waals surface area contributed by atoms with E-state index in [2.05, 4.69) is 18.7 Å². The van der Waals surface area contributed by atoms with Crippen LogP contribution in [0.3, 0.4) is 0 Å². The molecule has 1 saturated carbocycles. The maximum Gasteiger partial charge on any atom is 0.243 e. The van der Waals surface area contributed by atoms with Gasteiger partial charge < -0.3 is 20.1 Å². The molecule has 2 saturated heterocycles. The SMILES string of the molecule is CCOC1CC(N)(C(=O)N2CCN(CC3CCOCC3)CC2)C1(C)C.Cl.Cl. The fourth-order valence-electron chi connectivity index (χ4n) is 4.51. The number of nitrogens with zero attached hydrogens (tertiary/aromatic N) is 2. The second kappa shape index (κ2) is 10.1.